The van der Waals surface area contributed by atoms with Crippen LogP contribution in [0, 0.1) is 11.8 Å². The van der Waals surface area contributed by atoms with E-state index in [1.807, 2.05) is 0 Å². The summed E-state index contributed by atoms with van der Waals surface area (Å²) in [6.07, 6.45) is 7.06. The average molecular weight is 238 g/mol. The van der Waals surface area contributed by atoms with Gasteiger partial charge in [-0.25, -0.2) is 0 Å². The lowest BCUT2D eigenvalue weighted by molar-refractivity contribution is 0.179. The van der Waals surface area contributed by atoms with Gasteiger partial charge in [0, 0.05) is 18.6 Å². The molecule has 0 radical (unpaired) electrons. The summed E-state index contributed by atoms with van der Waals surface area (Å²) < 4.78 is 0. The smallest absolute Gasteiger partial charge is 0.0243 e. The normalized spacial score (nSPS) is 32.5. The second-order valence-electron chi connectivity index (χ2n) is 6.48. The van der Waals surface area contributed by atoms with Gasteiger partial charge in [0.2, 0.25) is 0 Å². The Hall–Kier alpha value is -0.0800. The lowest BCUT2D eigenvalue weighted by Gasteiger charge is -2.32. The van der Waals surface area contributed by atoms with Crippen molar-refractivity contribution in [1.82, 2.24) is 10.2 Å². The lowest BCUT2D eigenvalue weighted by Crippen LogP contribution is -2.47. The van der Waals surface area contributed by atoms with Crippen molar-refractivity contribution in [3.63, 3.8) is 0 Å². The van der Waals surface area contributed by atoms with Gasteiger partial charge in [0.25, 0.3) is 0 Å². The first kappa shape index (κ1) is 13.4. The van der Waals surface area contributed by atoms with Crippen molar-refractivity contribution in [3.05, 3.63) is 0 Å². The SMILES string of the molecule is CC(C)C(CNC1CCCC1C)N1CCCC1. The van der Waals surface area contributed by atoms with Crippen LogP contribution in [-0.4, -0.2) is 36.6 Å². The fourth-order valence-electron chi connectivity index (χ4n) is 3.58. The van der Waals surface area contributed by atoms with Crippen molar-refractivity contribution in [2.75, 3.05) is 19.6 Å². The van der Waals surface area contributed by atoms with E-state index in [-0.39, 0.29) is 0 Å². The summed E-state index contributed by atoms with van der Waals surface area (Å²) in [5, 5.41) is 3.85. The van der Waals surface area contributed by atoms with Crippen LogP contribution in [0.25, 0.3) is 0 Å². The van der Waals surface area contributed by atoms with Crippen LogP contribution in [0.5, 0.6) is 0 Å². The van der Waals surface area contributed by atoms with E-state index < -0.39 is 0 Å². The maximum atomic E-state index is 3.85. The van der Waals surface area contributed by atoms with Gasteiger partial charge in [-0.2, -0.15) is 0 Å². The van der Waals surface area contributed by atoms with E-state index in [0.717, 1.165) is 23.9 Å². The molecule has 100 valence electrons. The summed E-state index contributed by atoms with van der Waals surface area (Å²) in [6, 6.07) is 1.55. The molecular weight excluding hydrogens is 208 g/mol. The molecule has 1 aliphatic heterocycles. The van der Waals surface area contributed by atoms with Crippen LogP contribution in [0.1, 0.15) is 52.9 Å². The highest BCUT2D eigenvalue weighted by atomic mass is 15.2. The minimum Gasteiger partial charge on any atom is -0.312 e. The predicted octanol–water partition coefficient (Wildman–Crippen LogP) is 2.89. The standard InChI is InChI=1S/C15H30N2/c1-12(2)15(17-9-4-5-10-17)11-16-14-8-6-7-13(14)3/h12-16H,4-11H2,1-3H3. The number of hydrogen-bond acceptors (Lipinski definition) is 2. The van der Waals surface area contributed by atoms with Gasteiger partial charge in [-0.3, -0.25) is 4.90 Å². The lowest BCUT2D eigenvalue weighted by atomic mass is 10.0. The number of hydrogen-bond donors (Lipinski definition) is 1. The van der Waals surface area contributed by atoms with Gasteiger partial charge < -0.3 is 5.32 Å². The third-order valence-corrected chi connectivity index (χ3v) is 4.83. The van der Waals surface area contributed by atoms with Gasteiger partial charge >= 0.3 is 0 Å². The zero-order valence-electron chi connectivity index (χ0n) is 11.9. The van der Waals surface area contributed by atoms with Gasteiger partial charge in [0.05, 0.1) is 0 Å². The Labute approximate surface area is 107 Å². The molecule has 2 nitrogen and oxygen atoms in total. The molecule has 0 spiro atoms. The van der Waals surface area contributed by atoms with Crippen molar-refractivity contribution < 1.29 is 0 Å². The Kier molecular flexibility index (Phi) is 4.87. The van der Waals surface area contributed by atoms with Gasteiger partial charge in [-0.15, -0.1) is 0 Å². The predicted molar refractivity (Wildman–Crippen MR) is 74.2 cm³/mol. The maximum absolute atomic E-state index is 3.85. The molecule has 2 rings (SSSR count). The fourth-order valence-corrected chi connectivity index (χ4v) is 3.58. The quantitative estimate of drug-likeness (QED) is 0.792. The average Bonchev–Trinajstić information content (AvgIpc) is 2.91. The molecule has 0 aromatic heterocycles. The Balaban J connectivity index is 1.80. The molecule has 3 unspecified atom stereocenters. The van der Waals surface area contributed by atoms with Crippen molar-refractivity contribution in [2.24, 2.45) is 11.8 Å². The third-order valence-electron chi connectivity index (χ3n) is 4.83. The Morgan fingerprint density at radius 3 is 2.35 bits per heavy atom. The van der Waals surface area contributed by atoms with Crippen LogP contribution in [0.3, 0.4) is 0 Å². The minimum atomic E-state index is 0.755. The minimum absolute atomic E-state index is 0.755. The zero-order valence-corrected chi connectivity index (χ0v) is 11.9. The molecule has 17 heavy (non-hydrogen) atoms. The number of rotatable bonds is 5. The molecule has 0 aromatic rings. The number of nitrogens with zero attached hydrogens (tertiary/aromatic N) is 1. The van der Waals surface area contributed by atoms with Crippen LogP contribution in [0.2, 0.25) is 0 Å². The van der Waals surface area contributed by atoms with Crippen LogP contribution < -0.4 is 5.32 Å². The largest absolute Gasteiger partial charge is 0.312 e. The number of nitrogens with one attached hydrogen (secondary N) is 1. The van der Waals surface area contributed by atoms with Crippen molar-refractivity contribution in [2.45, 2.75) is 65.0 Å². The molecule has 1 saturated carbocycles. The van der Waals surface area contributed by atoms with Gasteiger partial charge in [0.15, 0.2) is 0 Å². The van der Waals surface area contributed by atoms with Gasteiger partial charge in [-0.05, 0) is 50.6 Å². The summed E-state index contributed by atoms with van der Waals surface area (Å²) in [5.74, 6) is 1.67. The van der Waals surface area contributed by atoms with Crippen LogP contribution in [-0.2, 0) is 0 Å². The molecule has 0 bridgehead atoms. The second kappa shape index (κ2) is 6.19. The van der Waals surface area contributed by atoms with Crippen molar-refractivity contribution >= 4 is 0 Å². The first-order valence-electron chi connectivity index (χ1n) is 7.66. The van der Waals surface area contributed by atoms with E-state index in [9.17, 15) is 0 Å². The fraction of sp³-hybridized carbons (Fsp3) is 1.00. The zero-order chi connectivity index (χ0) is 12.3. The molecule has 1 N–H and O–H groups in total. The van der Waals surface area contributed by atoms with E-state index in [2.05, 4.69) is 31.0 Å². The Bertz CT molecular complexity index is 221. The summed E-state index contributed by atoms with van der Waals surface area (Å²) in [4.78, 5) is 2.71. The second-order valence-corrected chi connectivity index (χ2v) is 6.48. The topological polar surface area (TPSA) is 15.3 Å². The van der Waals surface area contributed by atoms with Crippen LogP contribution in [0.4, 0.5) is 0 Å². The Morgan fingerprint density at radius 1 is 1.12 bits per heavy atom. The first-order chi connectivity index (χ1) is 8.18. The molecular formula is C15H30N2. The van der Waals surface area contributed by atoms with Crippen molar-refractivity contribution in [1.29, 1.82) is 0 Å². The first-order valence-corrected chi connectivity index (χ1v) is 7.66. The third kappa shape index (κ3) is 3.45. The molecule has 0 aromatic carbocycles. The highest BCUT2D eigenvalue weighted by molar-refractivity contribution is 4.85. The maximum Gasteiger partial charge on any atom is 0.0243 e. The molecule has 1 heterocycles. The van der Waals surface area contributed by atoms with E-state index in [1.54, 1.807) is 0 Å². The summed E-state index contributed by atoms with van der Waals surface area (Å²) in [5.41, 5.74) is 0. The Morgan fingerprint density at radius 2 is 1.82 bits per heavy atom. The van der Waals surface area contributed by atoms with E-state index in [0.29, 0.717) is 0 Å². The molecule has 2 heteroatoms. The van der Waals surface area contributed by atoms with Crippen molar-refractivity contribution in [3.8, 4) is 0 Å². The molecule has 3 atom stereocenters. The van der Waals surface area contributed by atoms with Crippen LogP contribution >= 0.6 is 0 Å². The summed E-state index contributed by atoms with van der Waals surface area (Å²) in [6.45, 7) is 11.0. The summed E-state index contributed by atoms with van der Waals surface area (Å²) >= 11 is 0. The van der Waals surface area contributed by atoms with Gasteiger partial charge in [-0.1, -0.05) is 27.2 Å². The molecule has 1 aliphatic carbocycles. The van der Waals surface area contributed by atoms with Gasteiger partial charge in [0.1, 0.15) is 0 Å². The van der Waals surface area contributed by atoms with E-state index in [4.69, 9.17) is 0 Å². The summed E-state index contributed by atoms with van der Waals surface area (Å²) in [7, 11) is 0. The van der Waals surface area contributed by atoms with E-state index >= 15 is 0 Å². The monoisotopic (exact) mass is 238 g/mol. The molecule has 1 saturated heterocycles. The highest BCUT2D eigenvalue weighted by Gasteiger charge is 2.27. The molecule has 2 fully saturated rings. The van der Waals surface area contributed by atoms with Crippen LogP contribution in [0.15, 0.2) is 0 Å². The van der Waals surface area contributed by atoms with E-state index in [1.165, 1.54) is 51.7 Å². The molecule has 2 aliphatic rings. The number of likely N-dealkylation sites (tertiary alicyclic amines) is 1. The molecule has 0 amide bonds. The highest BCUT2D eigenvalue weighted by Crippen LogP contribution is 2.25.